The quantitative estimate of drug-likeness (QED) is 0.563. The van der Waals surface area contributed by atoms with Crippen molar-refractivity contribution in [1.82, 2.24) is 5.32 Å². The molecule has 0 bridgehead atoms. The molecule has 4 nitrogen and oxygen atoms in total. The summed E-state index contributed by atoms with van der Waals surface area (Å²) in [4.78, 5) is 10.9. The van der Waals surface area contributed by atoms with E-state index in [1.54, 1.807) is 0 Å². The number of nitrogens with two attached hydrogens (primary N) is 1. The van der Waals surface area contributed by atoms with Crippen LogP contribution in [-0.4, -0.2) is 32.2 Å². The van der Waals surface area contributed by atoms with Gasteiger partial charge >= 0.3 is 5.97 Å². The molecule has 0 aromatic heterocycles. The number of rotatable bonds is 5. The largest absolute Gasteiger partial charge is 0.469 e. The number of carbonyl (C=O) groups excluding carboxylic acids is 1. The van der Waals surface area contributed by atoms with Crippen LogP contribution in [0.4, 0.5) is 0 Å². The van der Waals surface area contributed by atoms with Gasteiger partial charge in [0, 0.05) is 19.1 Å². The zero-order chi connectivity index (χ0) is 9.56. The summed E-state index contributed by atoms with van der Waals surface area (Å²) >= 11 is 0. The maximum absolute atomic E-state index is 10.9. The van der Waals surface area contributed by atoms with Gasteiger partial charge in [-0.1, -0.05) is 6.92 Å². The molecule has 0 saturated carbocycles. The van der Waals surface area contributed by atoms with Gasteiger partial charge in [0.25, 0.3) is 0 Å². The van der Waals surface area contributed by atoms with Gasteiger partial charge in [0.1, 0.15) is 0 Å². The van der Waals surface area contributed by atoms with Gasteiger partial charge in [0.2, 0.25) is 0 Å². The van der Waals surface area contributed by atoms with Crippen LogP contribution in [0.2, 0.25) is 0 Å². The Morgan fingerprint density at radius 1 is 1.50 bits per heavy atom. The fraction of sp³-hybridized carbons (Fsp3) is 0.875. The first-order valence-electron chi connectivity index (χ1n) is 4.12. The molecule has 0 aromatic carbocycles. The van der Waals surface area contributed by atoms with Gasteiger partial charge in [-0.15, -0.1) is 0 Å². The summed E-state index contributed by atoms with van der Waals surface area (Å²) in [6, 6.07) is 0.120. The van der Waals surface area contributed by atoms with Crippen LogP contribution in [0, 0.1) is 5.92 Å². The summed E-state index contributed by atoms with van der Waals surface area (Å²) < 4.78 is 4.56. The van der Waals surface area contributed by atoms with Crippen LogP contribution in [-0.2, 0) is 9.53 Å². The van der Waals surface area contributed by atoms with Crippen molar-refractivity contribution >= 4 is 5.97 Å². The lowest BCUT2D eigenvalue weighted by Gasteiger charge is -2.11. The van der Waals surface area contributed by atoms with Crippen molar-refractivity contribution in [3.8, 4) is 0 Å². The van der Waals surface area contributed by atoms with Gasteiger partial charge in [0.05, 0.1) is 13.0 Å². The molecule has 2 unspecified atom stereocenters. The molecule has 2 atom stereocenters. The molecule has 0 spiro atoms. The molecule has 4 heteroatoms. The Hall–Kier alpha value is -0.610. The maximum Gasteiger partial charge on any atom is 0.309 e. The van der Waals surface area contributed by atoms with Crippen molar-refractivity contribution < 1.29 is 9.53 Å². The molecule has 0 amide bonds. The number of esters is 1. The van der Waals surface area contributed by atoms with Crippen LogP contribution in [0.25, 0.3) is 0 Å². The molecule has 0 aliphatic rings. The van der Waals surface area contributed by atoms with Crippen molar-refractivity contribution in [2.45, 2.75) is 19.9 Å². The molecule has 0 aromatic rings. The predicted molar refractivity (Wildman–Crippen MR) is 47.7 cm³/mol. The molecule has 0 aliphatic carbocycles. The van der Waals surface area contributed by atoms with Crippen molar-refractivity contribution in [2.75, 3.05) is 20.2 Å². The monoisotopic (exact) mass is 174 g/mol. The SMILES string of the molecule is COC(=O)C(C)CNCC(C)N. The summed E-state index contributed by atoms with van der Waals surface area (Å²) in [6.07, 6.45) is 0. The fourth-order valence-electron chi connectivity index (χ4n) is 0.812. The molecule has 12 heavy (non-hydrogen) atoms. The number of methoxy groups -OCH3 is 1. The van der Waals surface area contributed by atoms with Gasteiger partial charge in [-0.25, -0.2) is 0 Å². The third kappa shape index (κ3) is 5.09. The first-order valence-corrected chi connectivity index (χ1v) is 4.12. The minimum atomic E-state index is -0.188. The standard InChI is InChI=1S/C8H18N2O2/c1-6(8(11)12-3)4-10-5-7(2)9/h6-7,10H,4-5,9H2,1-3H3. The van der Waals surface area contributed by atoms with E-state index in [0.29, 0.717) is 6.54 Å². The van der Waals surface area contributed by atoms with Gasteiger partial charge in [-0.3, -0.25) is 4.79 Å². The Balaban J connectivity index is 3.43. The molecule has 0 radical (unpaired) electrons. The molecule has 0 fully saturated rings. The van der Waals surface area contributed by atoms with E-state index in [0.717, 1.165) is 6.54 Å². The predicted octanol–water partition coefficient (Wildman–Crippen LogP) is -0.268. The third-order valence-electron chi connectivity index (χ3n) is 1.52. The van der Waals surface area contributed by atoms with E-state index >= 15 is 0 Å². The lowest BCUT2D eigenvalue weighted by molar-refractivity contribution is -0.144. The highest BCUT2D eigenvalue weighted by molar-refractivity contribution is 5.71. The van der Waals surface area contributed by atoms with E-state index in [-0.39, 0.29) is 17.9 Å². The summed E-state index contributed by atoms with van der Waals surface area (Å²) in [6.45, 7) is 5.07. The molecular formula is C8H18N2O2. The number of carbonyl (C=O) groups is 1. The second-order valence-corrected chi connectivity index (χ2v) is 3.06. The van der Waals surface area contributed by atoms with Gasteiger partial charge in [-0.2, -0.15) is 0 Å². The van der Waals surface area contributed by atoms with E-state index in [9.17, 15) is 4.79 Å². The average molecular weight is 174 g/mol. The van der Waals surface area contributed by atoms with Crippen LogP contribution in [0.1, 0.15) is 13.8 Å². The van der Waals surface area contributed by atoms with Crippen molar-refractivity contribution in [3.63, 3.8) is 0 Å². The second kappa shape index (κ2) is 5.97. The van der Waals surface area contributed by atoms with E-state index < -0.39 is 0 Å². The highest BCUT2D eigenvalue weighted by atomic mass is 16.5. The Bertz CT molecular complexity index is 137. The van der Waals surface area contributed by atoms with Gasteiger partial charge < -0.3 is 15.8 Å². The third-order valence-corrected chi connectivity index (χ3v) is 1.52. The molecule has 72 valence electrons. The highest BCUT2D eigenvalue weighted by Gasteiger charge is 2.11. The van der Waals surface area contributed by atoms with Crippen LogP contribution in [0.15, 0.2) is 0 Å². The zero-order valence-electron chi connectivity index (χ0n) is 7.96. The van der Waals surface area contributed by atoms with E-state index in [4.69, 9.17) is 5.73 Å². The molecule has 0 saturated heterocycles. The summed E-state index contributed by atoms with van der Waals surface area (Å²) in [7, 11) is 1.39. The Morgan fingerprint density at radius 3 is 2.50 bits per heavy atom. The van der Waals surface area contributed by atoms with Gasteiger partial charge in [0.15, 0.2) is 0 Å². The lowest BCUT2D eigenvalue weighted by Crippen LogP contribution is -2.35. The lowest BCUT2D eigenvalue weighted by atomic mass is 10.2. The summed E-state index contributed by atoms with van der Waals surface area (Å²) in [5.41, 5.74) is 5.51. The van der Waals surface area contributed by atoms with Crippen molar-refractivity contribution in [3.05, 3.63) is 0 Å². The molecule has 0 heterocycles. The molecule has 3 N–H and O–H groups in total. The summed E-state index contributed by atoms with van der Waals surface area (Å²) in [5.74, 6) is -0.291. The van der Waals surface area contributed by atoms with E-state index in [1.807, 2.05) is 13.8 Å². The smallest absolute Gasteiger partial charge is 0.309 e. The number of ether oxygens (including phenoxy) is 1. The highest BCUT2D eigenvalue weighted by Crippen LogP contribution is 1.94. The Morgan fingerprint density at radius 2 is 2.08 bits per heavy atom. The van der Waals surface area contributed by atoms with E-state index in [2.05, 4.69) is 10.1 Å². The molecule has 0 rings (SSSR count). The summed E-state index contributed by atoms with van der Waals surface area (Å²) in [5, 5.41) is 3.07. The number of hydrogen-bond donors (Lipinski definition) is 2. The maximum atomic E-state index is 10.9. The van der Waals surface area contributed by atoms with Crippen LogP contribution in [0.5, 0.6) is 0 Å². The Labute approximate surface area is 73.5 Å². The molecular weight excluding hydrogens is 156 g/mol. The van der Waals surface area contributed by atoms with Crippen molar-refractivity contribution in [2.24, 2.45) is 11.7 Å². The fourth-order valence-corrected chi connectivity index (χ4v) is 0.812. The topological polar surface area (TPSA) is 64.3 Å². The second-order valence-electron chi connectivity index (χ2n) is 3.06. The van der Waals surface area contributed by atoms with Crippen LogP contribution >= 0.6 is 0 Å². The van der Waals surface area contributed by atoms with Crippen LogP contribution in [0.3, 0.4) is 0 Å². The molecule has 0 aliphatic heterocycles. The first-order chi connectivity index (χ1) is 5.57. The van der Waals surface area contributed by atoms with Crippen molar-refractivity contribution in [1.29, 1.82) is 0 Å². The van der Waals surface area contributed by atoms with Gasteiger partial charge in [-0.05, 0) is 6.92 Å². The number of nitrogens with one attached hydrogen (secondary N) is 1. The average Bonchev–Trinajstić information content (AvgIpc) is 2.02. The normalized spacial score (nSPS) is 15.3. The van der Waals surface area contributed by atoms with Crippen LogP contribution < -0.4 is 11.1 Å². The zero-order valence-corrected chi connectivity index (χ0v) is 7.96. The number of hydrogen-bond acceptors (Lipinski definition) is 4. The Kier molecular flexibility index (Phi) is 5.66. The minimum Gasteiger partial charge on any atom is -0.469 e. The minimum absolute atomic E-state index is 0.103. The first kappa shape index (κ1) is 11.4. The van der Waals surface area contributed by atoms with E-state index in [1.165, 1.54) is 7.11 Å².